The largest absolute Gasteiger partial charge is 0.524 e. The Morgan fingerprint density at radius 3 is 1.93 bits per heavy atom. The lowest BCUT2D eigenvalue weighted by molar-refractivity contribution is 0.283. The molecule has 0 fully saturated rings. The molecule has 82 valence electrons. The zero-order valence-corrected chi connectivity index (χ0v) is 8.39. The maximum Gasteiger partial charge on any atom is 0.524 e. The number of para-hydroxylation sites is 1. The first-order chi connectivity index (χ1) is 6.08. The van der Waals surface area contributed by atoms with Gasteiger partial charge in [-0.3, -0.25) is 9.79 Å². The molecular formula is C7H13O6P. The number of hydrogen-bond acceptors (Lipinski definition) is 3. The van der Waals surface area contributed by atoms with E-state index in [-0.39, 0.29) is 11.2 Å². The molecule has 1 aromatic carbocycles. The van der Waals surface area contributed by atoms with Crippen LogP contribution in [0.5, 0.6) is 5.75 Å². The van der Waals surface area contributed by atoms with Gasteiger partial charge >= 0.3 is 7.82 Å². The van der Waals surface area contributed by atoms with Crippen LogP contribution in [0.1, 0.15) is 0 Å². The summed E-state index contributed by atoms with van der Waals surface area (Å²) in [5.74, 6) is 0.167. The Balaban J connectivity index is 0. The summed E-state index contributed by atoms with van der Waals surface area (Å²) < 4.78 is 14.5. The van der Waals surface area contributed by atoms with Gasteiger partial charge in [0.2, 0.25) is 0 Å². The van der Waals surface area contributed by atoms with Crippen molar-refractivity contribution in [1.29, 1.82) is 0 Å². The normalized spacial score (nSPS) is 9.14. The van der Waals surface area contributed by atoms with Crippen molar-refractivity contribution in [1.82, 2.24) is 0 Å². The fourth-order valence-corrected chi connectivity index (χ4v) is 1.02. The summed E-state index contributed by atoms with van der Waals surface area (Å²) >= 11 is 0. The van der Waals surface area contributed by atoms with Crippen LogP contribution in [-0.4, -0.2) is 27.5 Å². The number of phosphoric ester groups is 1. The van der Waals surface area contributed by atoms with Crippen molar-refractivity contribution < 1.29 is 29.5 Å². The minimum absolute atomic E-state index is 0. The third-order valence-electron chi connectivity index (χ3n) is 0.968. The zero-order valence-electron chi connectivity index (χ0n) is 7.49. The molecule has 0 aliphatic heterocycles. The molecule has 5 N–H and O–H groups in total. The van der Waals surface area contributed by atoms with Gasteiger partial charge in [0.25, 0.3) is 0 Å². The minimum atomic E-state index is -4.39. The molecule has 0 heterocycles. The Labute approximate surface area is 81.3 Å². The third-order valence-corrected chi connectivity index (χ3v) is 1.42. The highest BCUT2D eigenvalue weighted by Crippen LogP contribution is 2.36. The van der Waals surface area contributed by atoms with Crippen molar-refractivity contribution in [3.8, 4) is 5.75 Å². The number of aliphatic hydroxyl groups is 1. The molecule has 0 saturated heterocycles. The minimum Gasteiger partial charge on any atom is -0.412 e. The van der Waals surface area contributed by atoms with Crippen LogP contribution < -0.4 is 4.52 Å². The summed E-state index contributed by atoms with van der Waals surface area (Å²) in [5.41, 5.74) is 0. The van der Waals surface area contributed by atoms with Crippen LogP contribution in [0.3, 0.4) is 0 Å². The zero-order chi connectivity index (χ0) is 10.3. The van der Waals surface area contributed by atoms with Crippen LogP contribution in [0.25, 0.3) is 0 Å². The van der Waals surface area contributed by atoms with Crippen LogP contribution in [0.2, 0.25) is 0 Å². The Morgan fingerprint density at radius 1 is 1.14 bits per heavy atom. The van der Waals surface area contributed by atoms with E-state index in [1.807, 2.05) is 0 Å². The van der Waals surface area contributed by atoms with Crippen LogP contribution in [0.15, 0.2) is 30.3 Å². The van der Waals surface area contributed by atoms with Crippen molar-refractivity contribution in [2.24, 2.45) is 0 Å². The van der Waals surface area contributed by atoms with E-state index in [9.17, 15) is 4.57 Å². The number of rotatable bonds is 2. The van der Waals surface area contributed by atoms with Gasteiger partial charge in [0.1, 0.15) is 5.75 Å². The Bertz CT molecular complexity index is 269. The van der Waals surface area contributed by atoms with Gasteiger partial charge in [-0.25, -0.2) is 4.57 Å². The van der Waals surface area contributed by atoms with Crippen LogP contribution >= 0.6 is 7.82 Å². The van der Waals surface area contributed by atoms with Gasteiger partial charge < -0.3 is 15.1 Å². The highest BCUT2D eigenvalue weighted by Gasteiger charge is 2.14. The summed E-state index contributed by atoms with van der Waals surface area (Å²) in [4.78, 5) is 16.7. The van der Waals surface area contributed by atoms with E-state index in [2.05, 4.69) is 4.52 Å². The van der Waals surface area contributed by atoms with Gasteiger partial charge in [-0.05, 0) is 12.1 Å². The van der Waals surface area contributed by atoms with Crippen molar-refractivity contribution in [3.05, 3.63) is 30.3 Å². The van der Waals surface area contributed by atoms with E-state index in [1.165, 1.54) is 12.1 Å². The lowest BCUT2D eigenvalue weighted by atomic mass is 10.3. The van der Waals surface area contributed by atoms with Crippen molar-refractivity contribution in [2.75, 3.05) is 7.11 Å². The third kappa shape index (κ3) is 7.72. The smallest absolute Gasteiger partial charge is 0.412 e. The second-order valence-electron chi connectivity index (χ2n) is 1.89. The van der Waals surface area contributed by atoms with E-state index in [1.54, 1.807) is 18.2 Å². The second-order valence-corrected chi connectivity index (χ2v) is 3.06. The molecule has 0 aliphatic carbocycles. The molecular weight excluding hydrogens is 211 g/mol. The average Bonchev–Trinajstić information content (AvgIpc) is 2.07. The molecule has 0 radical (unpaired) electrons. The topological polar surface area (TPSA) is 118 Å². The number of phosphoric acid groups is 1. The summed E-state index contributed by atoms with van der Waals surface area (Å²) in [6, 6.07) is 7.93. The summed E-state index contributed by atoms with van der Waals surface area (Å²) in [6.45, 7) is 0. The van der Waals surface area contributed by atoms with Crippen molar-refractivity contribution in [2.45, 2.75) is 0 Å². The van der Waals surface area contributed by atoms with E-state index in [0.29, 0.717) is 0 Å². The predicted molar refractivity (Wildman–Crippen MR) is 50.9 cm³/mol. The quantitative estimate of drug-likeness (QED) is 0.608. The Hall–Kier alpha value is -0.910. The fraction of sp³-hybridized carbons (Fsp3) is 0.143. The highest BCUT2D eigenvalue weighted by molar-refractivity contribution is 7.46. The first-order valence-electron chi connectivity index (χ1n) is 3.33. The Kier molecular flexibility index (Phi) is 8.32. The molecule has 0 unspecified atom stereocenters. The van der Waals surface area contributed by atoms with Gasteiger partial charge in [0.15, 0.2) is 0 Å². The molecule has 1 rings (SSSR count). The first kappa shape index (κ1) is 15.6. The molecule has 0 saturated carbocycles. The SMILES string of the molecule is CO.O.O=P(O)(O)Oc1ccccc1. The molecule has 6 nitrogen and oxygen atoms in total. The molecule has 0 amide bonds. The number of benzene rings is 1. The Morgan fingerprint density at radius 2 is 1.57 bits per heavy atom. The summed E-state index contributed by atoms with van der Waals surface area (Å²) in [7, 11) is -3.39. The first-order valence-corrected chi connectivity index (χ1v) is 4.86. The van der Waals surface area contributed by atoms with Crippen molar-refractivity contribution >= 4 is 7.82 Å². The molecule has 0 aliphatic rings. The lowest BCUT2D eigenvalue weighted by Crippen LogP contribution is -1.88. The maximum absolute atomic E-state index is 10.3. The van der Waals surface area contributed by atoms with Gasteiger partial charge in [-0.15, -0.1) is 0 Å². The van der Waals surface area contributed by atoms with Crippen LogP contribution in [-0.2, 0) is 4.57 Å². The molecule has 7 heteroatoms. The highest BCUT2D eigenvalue weighted by atomic mass is 31.2. The molecule has 0 aromatic heterocycles. The van der Waals surface area contributed by atoms with Gasteiger partial charge in [-0.2, -0.15) is 0 Å². The van der Waals surface area contributed by atoms with Crippen molar-refractivity contribution in [3.63, 3.8) is 0 Å². The van der Waals surface area contributed by atoms with E-state index >= 15 is 0 Å². The monoisotopic (exact) mass is 224 g/mol. The summed E-state index contributed by atoms with van der Waals surface area (Å²) in [5, 5.41) is 7.00. The number of aliphatic hydroxyl groups excluding tert-OH is 1. The van der Waals surface area contributed by atoms with Gasteiger partial charge in [0.05, 0.1) is 0 Å². The fourth-order valence-electron chi connectivity index (χ4n) is 0.619. The average molecular weight is 224 g/mol. The molecule has 0 atom stereocenters. The van der Waals surface area contributed by atoms with Crippen LogP contribution in [0, 0.1) is 0 Å². The predicted octanol–water partition coefficient (Wildman–Crippen LogP) is -0.0581. The summed E-state index contributed by atoms with van der Waals surface area (Å²) in [6.07, 6.45) is 0. The second kappa shape index (κ2) is 7.49. The van der Waals surface area contributed by atoms with Crippen LogP contribution in [0.4, 0.5) is 0 Å². The van der Waals surface area contributed by atoms with E-state index in [0.717, 1.165) is 7.11 Å². The molecule has 0 bridgehead atoms. The molecule has 1 aromatic rings. The van der Waals surface area contributed by atoms with Gasteiger partial charge in [-0.1, -0.05) is 18.2 Å². The van der Waals surface area contributed by atoms with E-state index in [4.69, 9.17) is 14.9 Å². The van der Waals surface area contributed by atoms with E-state index < -0.39 is 7.82 Å². The standard InChI is InChI=1S/C6H7O4P.CH4O.H2O/c7-11(8,9)10-6-4-2-1-3-5-6;1-2;/h1-5H,(H2,7,8,9);2H,1H3;1H2. The molecule has 0 spiro atoms. The molecule has 14 heavy (non-hydrogen) atoms. The maximum atomic E-state index is 10.3. The number of hydrogen-bond donors (Lipinski definition) is 3. The lowest BCUT2D eigenvalue weighted by Gasteiger charge is -2.04. The van der Waals surface area contributed by atoms with Gasteiger partial charge in [0, 0.05) is 7.11 Å².